The van der Waals surface area contributed by atoms with Gasteiger partial charge in [-0.2, -0.15) is 12.6 Å². The van der Waals surface area contributed by atoms with Crippen molar-refractivity contribution in [3.8, 4) is 0 Å². The molecule has 64 valence electrons. The third-order valence-electron chi connectivity index (χ3n) is 0.551. The van der Waals surface area contributed by atoms with Crippen LogP contribution in [0.25, 0.3) is 0 Å². The molecule has 0 aromatic carbocycles. The second-order valence-electron chi connectivity index (χ2n) is 1.53. The molecule has 0 bridgehead atoms. The lowest BCUT2D eigenvalue weighted by Crippen LogP contribution is -2.12. The van der Waals surface area contributed by atoms with Crippen LogP contribution in [-0.4, -0.2) is 46.9 Å². The maximum atomic E-state index is 8.34. The summed E-state index contributed by atoms with van der Waals surface area (Å²) in [5.41, 5.74) is 4.78. The molecule has 0 aromatic heterocycles. The van der Waals surface area contributed by atoms with Gasteiger partial charge in [0.25, 0.3) is 0 Å². The van der Waals surface area contributed by atoms with E-state index in [1.54, 1.807) is 0 Å². The Bertz CT molecular complexity index is 50.2. The quantitative estimate of drug-likeness (QED) is 0.323. The summed E-state index contributed by atoms with van der Waals surface area (Å²) in [6.07, 6.45) is -0.645. The Morgan fingerprint density at radius 3 is 1.80 bits per heavy atom. The first kappa shape index (κ1) is 12.8. The van der Waals surface area contributed by atoms with E-state index in [9.17, 15) is 0 Å². The molecule has 0 rings (SSSR count). The molecule has 4 nitrogen and oxygen atoms in total. The minimum atomic E-state index is -0.645. The molecule has 1 unspecified atom stereocenters. The zero-order valence-electron chi connectivity index (χ0n) is 5.77. The number of aliphatic hydroxyl groups is 3. The van der Waals surface area contributed by atoms with Crippen LogP contribution in [0.2, 0.25) is 0 Å². The highest BCUT2D eigenvalue weighted by Gasteiger charge is 1.92. The van der Waals surface area contributed by atoms with Crippen LogP contribution >= 0.6 is 12.6 Å². The third kappa shape index (κ3) is 15.7. The van der Waals surface area contributed by atoms with E-state index in [-0.39, 0.29) is 13.2 Å². The average molecular weight is 169 g/mol. The number of thiol groups is 1. The van der Waals surface area contributed by atoms with Crippen LogP contribution in [0.3, 0.4) is 0 Å². The van der Waals surface area contributed by atoms with Crippen molar-refractivity contribution in [2.45, 2.75) is 6.10 Å². The molecule has 0 radical (unpaired) electrons. The summed E-state index contributed by atoms with van der Waals surface area (Å²) in [7, 11) is 0. The predicted molar refractivity (Wildman–Crippen MR) is 43.1 cm³/mol. The van der Waals surface area contributed by atoms with Crippen LogP contribution in [0.5, 0.6) is 0 Å². The lowest BCUT2D eigenvalue weighted by molar-refractivity contribution is 0.114. The number of nitrogens with two attached hydrogens (primary N) is 1. The van der Waals surface area contributed by atoms with Crippen molar-refractivity contribution in [1.82, 2.24) is 0 Å². The van der Waals surface area contributed by atoms with Crippen molar-refractivity contribution in [2.24, 2.45) is 5.73 Å². The van der Waals surface area contributed by atoms with E-state index < -0.39 is 6.10 Å². The highest BCUT2D eigenvalue weighted by atomic mass is 32.1. The zero-order valence-corrected chi connectivity index (χ0v) is 6.67. The maximum absolute atomic E-state index is 8.34. The molecule has 0 aliphatic heterocycles. The highest BCUT2D eigenvalue weighted by Crippen LogP contribution is 1.81. The molecule has 10 heavy (non-hydrogen) atoms. The van der Waals surface area contributed by atoms with Crippen LogP contribution in [0.15, 0.2) is 0 Å². The molecule has 5 heteroatoms. The van der Waals surface area contributed by atoms with Gasteiger partial charge < -0.3 is 21.1 Å². The van der Waals surface area contributed by atoms with Crippen molar-refractivity contribution in [2.75, 3.05) is 25.5 Å². The molecule has 0 aliphatic rings. The molecular formula is C5H15NO3S. The van der Waals surface area contributed by atoms with Crippen molar-refractivity contribution in [3.63, 3.8) is 0 Å². The Morgan fingerprint density at radius 1 is 1.40 bits per heavy atom. The second kappa shape index (κ2) is 11.9. The smallest absolute Gasteiger partial charge is 0.0858 e. The minimum Gasteiger partial charge on any atom is -0.395 e. The van der Waals surface area contributed by atoms with E-state index in [0.29, 0.717) is 12.3 Å². The number of aliphatic hydroxyl groups excluding tert-OH is 3. The van der Waals surface area contributed by atoms with Gasteiger partial charge in [0, 0.05) is 12.3 Å². The molecule has 0 amide bonds. The molecule has 0 fully saturated rings. The van der Waals surface area contributed by atoms with Crippen molar-refractivity contribution >= 4 is 12.6 Å². The van der Waals surface area contributed by atoms with Crippen molar-refractivity contribution in [3.05, 3.63) is 0 Å². The molecule has 0 saturated heterocycles. The summed E-state index contributed by atoms with van der Waals surface area (Å²) in [5, 5.41) is 24.1. The van der Waals surface area contributed by atoms with Gasteiger partial charge in [-0.15, -0.1) is 0 Å². The van der Waals surface area contributed by atoms with Gasteiger partial charge in [-0.1, -0.05) is 0 Å². The topological polar surface area (TPSA) is 86.7 Å². The lowest BCUT2D eigenvalue weighted by atomic mass is 10.4. The van der Waals surface area contributed by atoms with E-state index in [2.05, 4.69) is 12.6 Å². The molecule has 0 aliphatic carbocycles. The van der Waals surface area contributed by atoms with Gasteiger partial charge in [0.05, 0.1) is 19.3 Å². The SMILES string of the molecule is NCCO.OCC(O)CS. The van der Waals surface area contributed by atoms with Crippen LogP contribution in [-0.2, 0) is 0 Å². The van der Waals surface area contributed by atoms with Crippen molar-refractivity contribution < 1.29 is 15.3 Å². The van der Waals surface area contributed by atoms with Crippen LogP contribution in [0.1, 0.15) is 0 Å². The summed E-state index contributed by atoms with van der Waals surface area (Å²) in [5.74, 6) is 0.330. The summed E-state index contributed by atoms with van der Waals surface area (Å²) >= 11 is 3.69. The lowest BCUT2D eigenvalue weighted by Gasteiger charge is -1.96. The summed E-state index contributed by atoms with van der Waals surface area (Å²) in [4.78, 5) is 0. The van der Waals surface area contributed by atoms with E-state index in [1.165, 1.54) is 0 Å². The fourth-order valence-electron chi connectivity index (χ4n) is 0.0577. The van der Waals surface area contributed by atoms with Gasteiger partial charge in [-0.3, -0.25) is 0 Å². The maximum Gasteiger partial charge on any atom is 0.0858 e. The van der Waals surface area contributed by atoms with E-state index in [1.807, 2.05) is 0 Å². The van der Waals surface area contributed by atoms with Gasteiger partial charge in [0.2, 0.25) is 0 Å². The Hall–Kier alpha value is 0.190. The number of hydrogen-bond donors (Lipinski definition) is 5. The van der Waals surface area contributed by atoms with Gasteiger partial charge >= 0.3 is 0 Å². The zero-order chi connectivity index (χ0) is 8.41. The molecular weight excluding hydrogens is 154 g/mol. The normalized spacial score (nSPS) is 11.7. The first-order valence-electron chi connectivity index (χ1n) is 2.93. The minimum absolute atomic E-state index is 0.0972. The standard InChI is InChI=1S/C3H8O2S.C2H7NO/c4-1-3(5)2-6;3-1-2-4/h3-6H,1-2H2;4H,1-3H2. The summed E-state index contributed by atoms with van der Waals surface area (Å²) in [6, 6.07) is 0. The van der Waals surface area contributed by atoms with Gasteiger partial charge in [-0.05, 0) is 0 Å². The van der Waals surface area contributed by atoms with Crippen LogP contribution in [0.4, 0.5) is 0 Å². The van der Waals surface area contributed by atoms with Crippen LogP contribution in [0, 0.1) is 0 Å². The first-order chi connectivity index (χ1) is 4.72. The largest absolute Gasteiger partial charge is 0.395 e. The van der Waals surface area contributed by atoms with E-state index in [4.69, 9.17) is 21.1 Å². The monoisotopic (exact) mass is 169 g/mol. The molecule has 0 saturated carbocycles. The number of rotatable bonds is 3. The van der Waals surface area contributed by atoms with Gasteiger partial charge in [0.1, 0.15) is 0 Å². The van der Waals surface area contributed by atoms with E-state index in [0.717, 1.165) is 0 Å². The number of hydrogen-bond acceptors (Lipinski definition) is 5. The van der Waals surface area contributed by atoms with E-state index >= 15 is 0 Å². The molecule has 1 atom stereocenters. The Balaban J connectivity index is 0. The van der Waals surface area contributed by atoms with Crippen LogP contribution < -0.4 is 5.73 Å². The molecule has 0 spiro atoms. The third-order valence-corrected chi connectivity index (χ3v) is 0.972. The average Bonchev–Trinajstić information content (AvgIpc) is 2.03. The summed E-state index contributed by atoms with van der Waals surface area (Å²) < 4.78 is 0. The van der Waals surface area contributed by atoms with Gasteiger partial charge in [-0.25, -0.2) is 0 Å². The first-order valence-corrected chi connectivity index (χ1v) is 3.56. The van der Waals surface area contributed by atoms with Gasteiger partial charge in [0.15, 0.2) is 0 Å². The fourth-order valence-corrected chi connectivity index (χ4v) is 0.173. The predicted octanol–water partition coefficient (Wildman–Crippen LogP) is -1.79. The molecule has 0 aromatic rings. The highest BCUT2D eigenvalue weighted by molar-refractivity contribution is 7.80. The summed E-state index contributed by atoms with van der Waals surface area (Å²) in [6.45, 7) is 0.281. The molecule has 5 N–H and O–H groups in total. The molecule has 0 heterocycles. The fraction of sp³-hybridized carbons (Fsp3) is 1.00. The Morgan fingerprint density at radius 2 is 1.80 bits per heavy atom. The second-order valence-corrected chi connectivity index (χ2v) is 1.90. The Labute approximate surface area is 66.1 Å². The Kier molecular flexibility index (Phi) is 15.3. The van der Waals surface area contributed by atoms with Crippen molar-refractivity contribution in [1.29, 1.82) is 0 Å².